The molecule has 0 spiro atoms. The molecule has 1 aromatic heterocycles. The lowest BCUT2D eigenvalue weighted by Gasteiger charge is -2.30. The highest BCUT2D eigenvalue weighted by Crippen LogP contribution is 2.34. The fraction of sp³-hybridized carbons (Fsp3) is 0.357. The van der Waals surface area contributed by atoms with Gasteiger partial charge in [-0.25, -0.2) is 13.4 Å². The molecule has 1 fully saturated rings. The van der Waals surface area contributed by atoms with Gasteiger partial charge in [-0.05, 0) is 67.1 Å². The standard InChI is InChI=1S/C28H31F3N4O4S/c1-34(40(2,38)39)25-11-4-3-7-19(25)12-13-20-16-26(32-17-24(20)28(29,30)31)33-22-9-5-8-21(15-22)27(37)35-14-6-10-23(36)18-35/h3-5,7-9,11,15-17,23,36H,6,10,12-14,18H2,1-2H3,(H,32,33)/t23-/m0/s1. The number of piperidine rings is 1. The third-order valence-corrected chi connectivity index (χ3v) is 8.04. The first kappa shape index (κ1) is 29.3. The molecule has 2 N–H and O–H groups in total. The molecule has 40 heavy (non-hydrogen) atoms. The zero-order valence-electron chi connectivity index (χ0n) is 22.1. The predicted molar refractivity (Wildman–Crippen MR) is 147 cm³/mol. The zero-order valence-corrected chi connectivity index (χ0v) is 23.0. The van der Waals surface area contributed by atoms with Crippen LogP contribution >= 0.6 is 0 Å². The number of aliphatic hydroxyl groups is 1. The second kappa shape index (κ2) is 11.8. The Kier molecular flexibility index (Phi) is 8.69. The van der Waals surface area contributed by atoms with Gasteiger partial charge in [0.15, 0.2) is 0 Å². The summed E-state index contributed by atoms with van der Waals surface area (Å²) in [6.07, 6.45) is -1.86. The minimum Gasteiger partial charge on any atom is -0.391 e. The molecule has 0 bridgehead atoms. The maximum absolute atomic E-state index is 13.8. The molecule has 0 radical (unpaired) electrons. The van der Waals surface area contributed by atoms with E-state index in [-0.39, 0.29) is 36.7 Å². The number of sulfonamides is 1. The summed E-state index contributed by atoms with van der Waals surface area (Å²) >= 11 is 0. The van der Waals surface area contributed by atoms with Crippen molar-refractivity contribution in [2.45, 2.75) is 38.0 Å². The van der Waals surface area contributed by atoms with E-state index in [9.17, 15) is 31.5 Å². The van der Waals surface area contributed by atoms with E-state index in [1.807, 2.05) is 0 Å². The molecular weight excluding hydrogens is 545 g/mol. The Labute approximate surface area is 231 Å². The number of anilines is 3. The van der Waals surface area contributed by atoms with E-state index < -0.39 is 27.9 Å². The average Bonchev–Trinajstić information content (AvgIpc) is 2.90. The van der Waals surface area contributed by atoms with E-state index in [1.165, 1.54) is 13.1 Å². The quantitative estimate of drug-likeness (QED) is 0.406. The van der Waals surface area contributed by atoms with E-state index >= 15 is 0 Å². The number of carbonyl (C=O) groups excluding carboxylic acids is 1. The predicted octanol–water partition coefficient (Wildman–Crippen LogP) is 4.62. The number of hydrogen-bond donors (Lipinski definition) is 2. The van der Waals surface area contributed by atoms with Gasteiger partial charge in [0.2, 0.25) is 10.0 Å². The molecule has 2 heterocycles. The summed E-state index contributed by atoms with van der Waals surface area (Å²) in [7, 11) is -2.16. The molecule has 2 aromatic carbocycles. The van der Waals surface area contributed by atoms with Gasteiger partial charge in [0.05, 0.1) is 23.6 Å². The van der Waals surface area contributed by atoms with Crippen molar-refractivity contribution in [3.8, 4) is 0 Å². The molecule has 4 rings (SSSR count). The molecular formula is C28H31F3N4O4S. The van der Waals surface area contributed by atoms with Gasteiger partial charge in [0.25, 0.3) is 5.91 Å². The Morgan fingerprint density at radius 2 is 1.85 bits per heavy atom. The molecule has 0 aliphatic carbocycles. The summed E-state index contributed by atoms with van der Waals surface area (Å²) in [5.41, 5.74) is 0.966. The summed E-state index contributed by atoms with van der Waals surface area (Å²) in [6, 6.07) is 14.6. The van der Waals surface area contributed by atoms with E-state index in [0.717, 1.165) is 16.8 Å². The lowest BCUT2D eigenvalue weighted by molar-refractivity contribution is -0.138. The lowest BCUT2D eigenvalue weighted by atomic mass is 9.99. The lowest BCUT2D eigenvalue weighted by Crippen LogP contribution is -2.42. The van der Waals surface area contributed by atoms with Gasteiger partial charge in [-0.1, -0.05) is 24.3 Å². The number of β-amino-alcohol motifs (C(OH)–C–C–N with tert-alkyl or cyclic N) is 1. The van der Waals surface area contributed by atoms with Crippen LogP contribution in [0.4, 0.5) is 30.4 Å². The third-order valence-electron chi connectivity index (χ3n) is 6.85. The highest BCUT2D eigenvalue weighted by atomic mass is 32.2. The number of aliphatic hydroxyl groups excluding tert-OH is 1. The van der Waals surface area contributed by atoms with Crippen molar-refractivity contribution < 1.29 is 31.5 Å². The van der Waals surface area contributed by atoms with Crippen molar-refractivity contribution in [2.24, 2.45) is 0 Å². The molecule has 214 valence electrons. The maximum Gasteiger partial charge on any atom is 0.418 e. The highest BCUT2D eigenvalue weighted by molar-refractivity contribution is 7.92. The number of likely N-dealkylation sites (tertiary alicyclic amines) is 1. The van der Waals surface area contributed by atoms with Crippen molar-refractivity contribution in [2.75, 3.05) is 36.0 Å². The van der Waals surface area contributed by atoms with E-state index in [4.69, 9.17) is 0 Å². The molecule has 3 aromatic rings. The summed E-state index contributed by atoms with van der Waals surface area (Å²) in [5.74, 6) is -0.0660. The third kappa shape index (κ3) is 7.11. The molecule has 0 saturated carbocycles. The van der Waals surface area contributed by atoms with Crippen LogP contribution in [0.5, 0.6) is 0 Å². The molecule has 1 saturated heterocycles. The number of amides is 1. The van der Waals surface area contributed by atoms with Crippen molar-refractivity contribution in [3.05, 3.63) is 83.0 Å². The number of nitrogens with one attached hydrogen (secondary N) is 1. The summed E-state index contributed by atoms with van der Waals surface area (Å²) in [4.78, 5) is 18.5. The van der Waals surface area contributed by atoms with Crippen LogP contribution in [-0.4, -0.2) is 61.8 Å². The van der Waals surface area contributed by atoms with Crippen LogP contribution in [0.2, 0.25) is 0 Å². The number of alkyl halides is 3. The van der Waals surface area contributed by atoms with Gasteiger partial charge < -0.3 is 15.3 Å². The molecule has 1 aliphatic heterocycles. The first-order valence-corrected chi connectivity index (χ1v) is 14.6. The van der Waals surface area contributed by atoms with Gasteiger partial charge in [-0.3, -0.25) is 9.10 Å². The fourth-order valence-electron chi connectivity index (χ4n) is 4.70. The minimum absolute atomic E-state index is 0.00338. The van der Waals surface area contributed by atoms with Gasteiger partial charge in [0, 0.05) is 37.6 Å². The topological polar surface area (TPSA) is 103 Å². The normalized spacial score (nSPS) is 16.1. The Hall–Kier alpha value is -3.64. The van der Waals surface area contributed by atoms with Crippen LogP contribution in [0.25, 0.3) is 0 Å². The Bertz CT molecular complexity index is 1480. The second-order valence-electron chi connectivity index (χ2n) is 9.84. The molecule has 1 atom stereocenters. The molecule has 1 amide bonds. The Balaban J connectivity index is 1.57. The number of rotatable bonds is 8. The fourth-order valence-corrected chi connectivity index (χ4v) is 5.24. The summed E-state index contributed by atoms with van der Waals surface area (Å²) in [5, 5.41) is 12.9. The van der Waals surface area contributed by atoms with Gasteiger partial charge in [0.1, 0.15) is 5.82 Å². The van der Waals surface area contributed by atoms with Crippen molar-refractivity contribution in [3.63, 3.8) is 0 Å². The smallest absolute Gasteiger partial charge is 0.391 e. The highest BCUT2D eigenvalue weighted by Gasteiger charge is 2.34. The number of benzene rings is 2. The van der Waals surface area contributed by atoms with Gasteiger partial charge in [-0.15, -0.1) is 0 Å². The van der Waals surface area contributed by atoms with Gasteiger partial charge in [-0.2, -0.15) is 13.2 Å². The molecule has 1 aliphatic rings. The Morgan fingerprint density at radius 3 is 2.55 bits per heavy atom. The number of pyridine rings is 1. The number of nitrogens with zero attached hydrogens (tertiary/aromatic N) is 3. The van der Waals surface area contributed by atoms with Crippen LogP contribution in [0, 0.1) is 0 Å². The molecule has 12 heteroatoms. The SMILES string of the molecule is CN(c1ccccc1CCc1cc(Nc2cccc(C(=O)N3CCC[C@H](O)C3)c2)ncc1C(F)(F)F)S(C)(=O)=O. The zero-order chi connectivity index (χ0) is 29.1. The summed E-state index contributed by atoms with van der Waals surface area (Å²) in [6.45, 7) is 0.796. The first-order valence-electron chi connectivity index (χ1n) is 12.8. The number of hydrogen-bond acceptors (Lipinski definition) is 6. The van der Waals surface area contributed by atoms with E-state index in [1.54, 1.807) is 53.4 Å². The van der Waals surface area contributed by atoms with E-state index in [0.29, 0.717) is 41.9 Å². The van der Waals surface area contributed by atoms with Crippen molar-refractivity contribution >= 4 is 33.1 Å². The first-order chi connectivity index (χ1) is 18.8. The number of aromatic nitrogens is 1. The van der Waals surface area contributed by atoms with Crippen LogP contribution in [0.3, 0.4) is 0 Å². The average molecular weight is 577 g/mol. The van der Waals surface area contributed by atoms with Crippen molar-refractivity contribution in [1.82, 2.24) is 9.88 Å². The van der Waals surface area contributed by atoms with Crippen LogP contribution in [0.1, 0.15) is 39.9 Å². The number of carbonyl (C=O) groups is 1. The minimum atomic E-state index is -4.63. The Morgan fingerprint density at radius 1 is 1.12 bits per heavy atom. The van der Waals surface area contributed by atoms with Crippen LogP contribution in [0.15, 0.2) is 60.8 Å². The number of para-hydroxylation sites is 1. The summed E-state index contributed by atoms with van der Waals surface area (Å²) < 4.78 is 66.7. The van der Waals surface area contributed by atoms with Crippen molar-refractivity contribution in [1.29, 1.82) is 0 Å². The number of halogens is 3. The molecule has 0 unspecified atom stereocenters. The maximum atomic E-state index is 13.8. The van der Waals surface area contributed by atoms with Gasteiger partial charge >= 0.3 is 6.18 Å². The molecule has 8 nitrogen and oxygen atoms in total. The second-order valence-corrected chi connectivity index (χ2v) is 11.9. The number of aryl methyl sites for hydroxylation is 2. The van der Waals surface area contributed by atoms with Crippen LogP contribution in [-0.2, 0) is 29.0 Å². The van der Waals surface area contributed by atoms with E-state index in [2.05, 4.69) is 10.3 Å². The largest absolute Gasteiger partial charge is 0.418 e. The monoisotopic (exact) mass is 576 g/mol. The van der Waals surface area contributed by atoms with Crippen LogP contribution < -0.4 is 9.62 Å².